The molecular formula is C22H25ClN6O3S. The van der Waals surface area contributed by atoms with Gasteiger partial charge in [-0.25, -0.2) is 4.98 Å². The number of carbonyl (C=O) groups is 2. The third kappa shape index (κ3) is 5.51. The Labute approximate surface area is 199 Å². The van der Waals surface area contributed by atoms with Gasteiger partial charge in [0.2, 0.25) is 11.8 Å². The Kier molecular flexibility index (Phi) is 7.24. The van der Waals surface area contributed by atoms with E-state index in [9.17, 15) is 14.4 Å². The zero-order valence-corrected chi connectivity index (χ0v) is 19.8. The van der Waals surface area contributed by atoms with Crippen molar-refractivity contribution in [3.05, 3.63) is 46.0 Å². The number of nitrogens with one attached hydrogen (secondary N) is 2. The van der Waals surface area contributed by atoms with Gasteiger partial charge in [0.05, 0.1) is 5.92 Å². The van der Waals surface area contributed by atoms with E-state index in [1.165, 1.54) is 22.2 Å². The predicted molar refractivity (Wildman–Crippen MR) is 130 cm³/mol. The molecule has 0 spiro atoms. The van der Waals surface area contributed by atoms with Crippen LogP contribution in [0.4, 0.5) is 10.8 Å². The molecule has 4 rings (SSSR count). The average molecular weight is 489 g/mol. The number of amides is 2. The van der Waals surface area contributed by atoms with Gasteiger partial charge in [0, 0.05) is 30.3 Å². The monoisotopic (exact) mass is 488 g/mol. The fourth-order valence-corrected chi connectivity index (χ4v) is 4.86. The van der Waals surface area contributed by atoms with Gasteiger partial charge in [0.25, 0.3) is 5.56 Å². The number of carbonyl (C=O) groups excluding carboxylic acids is 2. The summed E-state index contributed by atoms with van der Waals surface area (Å²) in [5.41, 5.74) is 0.630. The molecule has 0 radical (unpaired) electrons. The standard InChI is InChI=1S/C22H25ClN6O3S/c1-2-9-24-20(31)14-4-3-10-28(11-14)22-27-19-18(33-22)21(32)29(13-25-19)12-17(30)26-16-7-5-15(23)6-8-16/h5-8,13-14H,2-4,9-12H2,1H3,(H,24,31)(H,26,30). The smallest absolute Gasteiger partial charge is 0.273 e. The summed E-state index contributed by atoms with van der Waals surface area (Å²) < 4.78 is 1.66. The van der Waals surface area contributed by atoms with Gasteiger partial charge in [-0.2, -0.15) is 4.98 Å². The van der Waals surface area contributed by atoms with Crippen LogP contribution in [0.3, 0.4) is 0 Å². The van der Waals surface area contributed by atoms with Gasteiger partial charge in [-0.15, -0.1) is 0 Å². The largest absolute Gasteiger partial charge is 0.356 e. The Morgan fingerprint density at radius 1 is 1.27 bits per heavy atom. The van der Waals surface area contributed by atoms with Crippen LogP contribution < -0.4 is 21.1 Å². The molecule has 0 bridgehead atoms. The zero-order valence-electron chi connectivity index (χ0n) is 18.2. The van der Waals surface area contributed by atoms with Gasteiger partial charge in [0.15, 0.2) is 10.8 Å². The van der Waals surface area contributed by atoms with Gasteiger partial charge in [-0.05, 0) is 43.5 Å². The molecule has 174 valence electrons. The summed E-state index contributed by atoms with van der Waals surface area (Å²) in [5, 5.41) is 6.94. The molecule has 11 heteroatoms. The second-order valence-corrected chi connectivity index (χ2v) is 9.37. The Hall–Kier alpha value is -2.98. The van der Waals surface area contributed by atoms with Crippen LogP contribution in [0.2, 0.25) is 5.02 Å². The number of rotatable bonds is 7. The van der Waals surface area contributed by atoms with Gasteiger partial charge in [0.1, 0.15) is 17.6 Å². The molecule has 3 heterocycles. The first-order valence-electron chi connectivity index (χ1n) is 10.9. The van der Waals surface area contributed by atoms with E-state index in [0.29, 0.717) is 39.3 Å². The molecule has 33 heavy (non-hydrogen) atoms. The van der Waals surface area contributed by atoms with Crippen LogP contribution >= 0.6 is 22.9 Å². The van der Waals surface area contributed by atoms with Crippen LogP contribution in [0.15, 0.2) is 35.4 Å². The van der Waals surface area contributed by atoms with Crippen LogP contribution in [-0.4, -0.2) is 46.0 Å². The number of anilines is 2. The molecule has 1 unspecified atom stereocenters. The molecule has 1 aliphatic rings. The van der Waals surface area contributed by atoms with Crippen molar-refractivity contribution in [1.29, 1.82) is 0 Å². The molecule has 1 atom stereocenters. The van der Waals surface area contributed by atoms with Crippen molar-refractivity contribution in [2.45, 2.75) is 32.7 Å². The number of hydrogen-bond acceptors (Lipinski definition) is 7. The van der Waals surface area contributed by atoms with E-state index in [4.69, 9.17) is 11.6 Å². The summed E-state index contributed by atoms with van der Waals surface area (Å²) in [4.78, 5) is 48.6. The second-order valence-electron chi connectivity index (χ2n) is 7.96. The zero-order chi connectivity index (χ0) is 23.4. The maximum Gasteiger partial charge on any atom is 0.273 e. The normalized spacial score (nSPS) is 16.1. The van der Waals surface area contributed by atoms with Gasteiger partial charge in [-0.3, -0.25) is 19.0 Å². The lowest BCUT2D eigenvalue weighted by atomic mass is 9.97. The topological polar surface area (TPSA) is 109 Å². The van der Waals surface area contributed by atoms with E-state index in [-0.39, 0.29) is 29.8 Å². The quantitative estimate of drug-likeness (QED) is 0.529. The fraction of sp³-hybridized carbons (Fsp3) is 0.409. The number of hydrogen-bond donors (Lipinski definition) is 2. The number of thiazole rings is 1. The Morgan fingerprint density at radius 3 is 2.82 bits per heavy atom. The van der Waals surface area contributed by atoms with Crippen LogP contribution in [0.5, 0.6) is 0 Å². The molecule has 1 aromatic carbocycles. The first-order chi connectivity index (χ1) is 15.9. The van der Waals surface area contributed by atoms with E-state index >= 15 is 0 Å². The Balaban J connectivity index is 1.47. The van der Waals surface area contributed by atoms with Crippen molar-refractivity contribution in [2.75, 3.05) is 29.9 Å². The van der Waals surface area contributed by atoms with E-state index in [1.54, 1.807) is 24.3 Å². The summed E-state index contributed by atoms with van der Waals surface area (Å²) in [6.07, 6.45) is 3.95. The number of fused-ring (bicyclic) bond motifs is 1. The average Bonchev–Trinajstić information content (AvgIpc) is 3.26. The summed E-state index contributed by atoms with van der Waals surface area (Å²) in [5.74, 6) is -0.379. The summed E-state index contributed by atoms with van der Waals surface area (Å²) >= 11 is 7.11. The van der Waals surface area contributed by atoms with Crippen molar-refractivity contribution in [1.82, 2.24) is 19.9 Å². The molecule has 3 aromatic rings. The SMILES string of the molecule is CCCNC(=O)C1CCCN(c2nc3ncn(CC(=O)Nc4ccc(Cl)cc4)c(=O)c3s2)C1. The molecule has 1 fully saturated rings. The Bertz CT molecular complexity index is 1210. The molecular weight excluding hydrogens is 464 g/mol. The highest BCUT2D eigenvalue weighted by molar-refractivity contribution is 7.22. The molecule has 0 saturated carbocycles. The number of nitrogens with zero attached hydrogens (tertiary/aromatic N) is 4. The van der Waals surface area contributed by atoms with E-state index in [2.05, 4.69) is 20.6 Å². The minimum Gasteiger partial charge on any atom is -0.356 e. The van der Waals surface area contributed by atoms with Crippen molar-refractivity contribution >= 4 is 55.9 Å². The molecule has 2 aromatic heterocycles. The van der Waals surface area contributed by atoms with Crippen LogP contribution in [0.25, 0.3) is 10.3 Å². The van der Waals surface area contributed by atoms with E-state index in [0.717, 1.165) is 25.8 Å². The predicted octanol–water partition coefficient (Wildman–Crippen LogP) is 2.89. The molecule has 0 aliphatic carbocycles. The third-order valence-corrected chi connectivity index (χ3v) is 6.77. The molecule has 1 aliphatic heterocycles. The van der Waals surface area contributed by atoms with Gasteiger partial charge in [-0.1, -0.05) is 29.9 Å². The minimum atomic E-state index is -0.345. The van der Waals surface area contributed by atoms with Crippen LogP contribution in [0.1, 0.15) is 26.2 Å². The van der Waals surface area contributed by atoms with Crippen LogP contribution in [0, 0.1) is 5.92 Å². The summed E-state index contributed by atoms with van der Waals surface area (Å²) in [6, 6.07) is 6.73. The maximum absolute atomic E-state index is 13.0. The Morgan fingerprint density at radius 2 is 2.06 bits per heavy atom. The van der Waals surface area contributed by atoms with Crippen molar-refractivity contribution in [3.8, 4) is 0 Å². The van der Waals surface area contributed by atoms with Crippen molar-refractivity contribution < 1.29 is 9.59 Å². The second kappa shape index (κ2) is 10.3. The lowest BCUT2D eigenvalue weighted by molar-refractivity contribution is -0.125. The highest BCUT2D eigenvalue weighted by Crippen LogP contribution is 2.29. The lowest BCUT2D eigenvalue weighted by Crippen LogP contribution is -2.43. The molecule has 1 saturated heterocycles. The number of benzene rings is 1. The first kappa shape index (κ1) is 23.2. The molecule has 2 N–H and O–H groups in total. The fourth-order valence-electron chi connectivity index (χ4n) is 3.73. The molecule has 9 nitrogen and oxygen atoms in total. The highest BCUT2D eigenvalue weighted by atomic mass is 35.5. The van der Waals surface area contributed by atoms with Crippen molar-refractivity contribution in [2.24, 2.45) is 5.92 Å². The van der Waals surface area contributed by atoms with Gasteiger partial charge < -0.3 is 15.5 Å². The lowest BCUT2D eigenvalue weighted by Gasteiger charge is -2.31. The maximum atomic E-state index is 13.0. The van der Waals surface area contributed by atoms with Crippen LogP contribution in [-0.2, 0) is 16.1 Å². The third-order valence-electron chi connectivity index (χ3n) is 5.43. The minimum absolute atomic E-state index is 0.0647. The number of piperidine rings is 1. The number of halogens is 1. The van der Waals surface area contributed by atoms with Gasteiger partial charge >= 0.3 is 0 Å². The van der Waals surface area contributed by atoms with E-state index < -0.39 is 0 Å². The summed E-state index contributed by atoms with van der Waals surface area (Å²) in [7, 11) is 0. The first-order valence-corrected chi connectivity index (χ1v) is 12.1. The van der Waals surface area contributed by atoms with Crippen molar-refractivity contribution in [3.63, 3.8) is 0 Å². The highest BCUT2D eigenvalue weighted by Gasteiger charge is 2.27. The summed E-state index contributed by atoms with van der Waals surface area (Å²) in [6.45, 7) is 3.87. The molecule has 2 amide bonds. The van der Waals surface area contributed by atoms with E-state index in [1.807, 2.05) is 11.8 Å². The number of aromatic nitrogens is 3.